The maximum atomic E-state index is 4.09. The monoisotopic (exact) mass is 229 g/mol. The quantitative estimate of drug-likeness (QED) is 0.872. The van der Waals surface area contributed by atoms with Crippen LogP contribution in [0, 0.1) is 0 Å². The molecule has 0 aliphatic rings. The summed E-state index contributed by atoms with van der Waals surface area (Å²) in [6.45, 7) is 5.22. The van der Waals surface area contributed by atoms with Crippen LogP contribution in [0.5, 0.6) is 0 Å². The van der Waals surface area contributed by atoms with Gasteiger partial charge in [-0.25, -0.2) is 4.98 Å². The molecule has 0 atom stereocenters. The highest BCUT2D eigenvalue weighted by Crippen LogP contribution is 2.17. The number of hydrogen-bond acceptors (Lipinski definition) is 2. The average molecular weight is 229 g/mol. The van der Waals surface area contributed by atoms with Gasteiger partial charge in [0.05, 0.1) is 18.6 Å². The van der Waals surface area contributed by atoms with Crippen LogP contribution >= 0.6 is 0 Å². The van der Waals surface area contributed by atoms with Gasteiger partial charge in [-0.15, -0.1) is 0 Å². The lowest BCUT2D eigenvalue weighted by atomic mass is 10.0. The first-order chi connectivity index (χ1) is 8.16. The van der Waals surface area contributed by atoms with Gasteiger partial charge in [-0.3, -0.25) is 0 Å². The van der Waals surface area contributed by atoms with Crippen LogP contribution in [0.25, 0.3) is 0 Å². The van der Waals surface area contributed by atoms with Crippen LogP contribution in [-0.2, 0) is 13.6 Å². The van der Waals surface area contributed by atoms with Crippen LogP contribution in [0.3, 0.4) is 0 Å². The van der Waals surface area contributed by atoms with Crippen LogP contribution < -0.4 is 5.32 Å². The minimum absolute atomic E-state index is 0.584. The van der Waals surface area contributed by atoms with Gasteiger partial charge in [0.15, 0.2) is 0 Å². The van der Waals surface area contributed by atoms with E-state index in [1.54, 1.807) is 0 Å². The van der Waals surface area contributed by atoms with Gasteiger partial charge in [-0.1, -0.05) is 26.0 Å². The Bertz CT molecular complexity index is 468. The molecule has 0 fully saturated rings. The first-order valence-electron chi connectivity index (χ1n) is 5.96. The molecule has 1 aromatic carbocycles. The van der Waals surface area contributed by atoms with Crippen LogP contribution in [-0.4, -0.2) is 9.55 Å². The molecule has 2 aromatic rings. The van der Waals surface area contributed by atoms with Crippen molar-refractivity contribution in [1.29, 1.82) is 0 Å². The van der Waals surface area contributed by atoms with E-state index < -0.39 is 0 Å². The molecule has 1 aromatic heterocycles. The smallest absolute Gasteiger partial charge is 0.0946 e. The average Bonchev–Trinajstić information content (AvgIpc) is 2.73. The van der Waals surface area contributed by atoms with Gasteiger partial charge in [0.25, 0.3) is 0 Å². The highest BCUT2D eigenvalue weighted by atomic mass is 15.0. The number of rotatable bonds is 4. The van der Waals surface area contributed by atoms with Gasteiger partial charge in [0.1, 0.15) is 0 Å². The Morgan fingerprint density at radius 2 is 1.94 bits per heavy atom. The number of anilines is 1. The molecule has 90 valence electrons. The van der Waals surface area contributed by atoms with Crippen molar-refractivity contribution in [3.63, 3.8) is 0 Å². The third-order valence-corrected chi connectivity index (χ3v) is 2.97. The van der Waals surface area contributed by atoms with Crippen LogP contribution in [0.2, 0.25) is 0 Å². The van der Waals surface area contributed by atoms with Gasteiger partial charge in [0.2, 0.25) is 0 Å². The van der Waals surface area contributed by atoms with E-state index in [1.165, 1.54) is 11.3 Å². The molecule has 0 aliphatic carbocycles. The Hall–Kier alpha value is -1.77. The Kier molecular flexibility index (Phi) is 3.47. The van der Waals surface area contributed by atoms with Crippen molar-refractivity contribution in [1.82, 2.24) is 9.55 Å². The standard InChI is InChI=1S/C14H19N3/c1-11(2)12-4-6-13(7-5-12)16-9-14-8-15-10-17(14)3/h4-8,10-11,16H,9H2,1-3H3. The first kappa shape index (κ1) is 11.7. The van der Waals surface area contributed by atoms with Crippen molar-refractivity contribution < 1.29 is 0 Å². The number of benzene rings is 1. The third kappa shape index (κ3) is 2.87. The minimum Gasteiger partial charge on any atom is -0.379 e. The molecule has 3 nitrogen and oxygen atoms in total. The number of aromatic nitrogens is 2. The van der Waals surface area contributed by atoms with E-state index in [9.17, 15) is 0 Å². The number of imidazole rings is 1. The predicted molar refractivity (Wildman–Crippen MR) is 71.1 cm³/mol. The van der Waals surface area contributed by atoms with E-state index in [2.05, 4.69) is 48.4 Å². The molecule has 0 bridgehead atoms. The maximum Gasteiger partial charge on any atom is 0.0946 e. The Morgan fingerprint density at radius 3 is 2.47 bits per heavy atom. The zero-order valence-electron chi connectivity index (χ0n) is 10.6. The molecule has 0 unspecified atom stereocenters. The fourth-order valence-corrected chi connectivity index (χ4v) is 1.73. The van der Waals surface area contributed by atoms with Gasteiger partial charge in [-0.2, -0.15) is 0 Å². The van der Waals surface area contributed by atoms with E-state index in [0.717, 1.165) is 12.2 Å². The lowest BCUT2D eigenvalue weighted by Gasteiger charge is -2.09. The highest BCUT2D eigenvalue weighted by Gasteiger charge is 2.00. The topological polar surface area (TPSA) is 29.9 Å². The Morgan fingerprint density at radius 1 is 1.24 bits per heavy atom. The molecule has 0 saturated heterocycles. The molecule has 0 radical (unpaired) electrons. The maximum absolute atomic E-state index is 4.09. The molecule has 3 heteroatoms. The van der Waals surface area contributed by atoms with Crippen molar-refractivity contribution in [3.05, 3.63) is 48.0 Å². The summed E-state index contributed by atoms with van der Waals surface area (Å²) in [4.78, 5) is 4.09. The van der Waals surface area contributed by atoms with E-state index in [4.69, 9.17) is 0 Å². The SMILES string of the molecule is CC(C)c1ccc(NCc2cncn2C)cc1. The summed E-state index contributed by atoms with van der Waals surface area (Å²) in [6, 6.07) is 8.61. The summed E-state index contributed by atoms with van der Waals surface area (Å²) in [5.74, 6) is 0.584. The van der Waals surface area contributed by atoms with Gasteiger partial charge < -0.3 is 9.88 Å². The molecule has 0 saturated carbocycles. The molecule has 0 aliphatic heterocycles. The lowest BCUT2D eigenvalue weighted by molar-refractivity contribution is 0.837. The first-order valence-corrected chi connectivity index (χ1v) is 5.96. The zero-order valence-corrected chi connectivity index (χ0v) is 10.6. The minimum atomic E-state index is 0.584. The second-order valence-corrected chi connectivity index (χ2v) is 4.63. The second-order valence-electron chi connectivity index (χ2n) is 4.63. The number of nitrogens with zero attached hydrogens (tertiary/aromatic N) is 2. The lowest BCUT2D eigenvalue weighted by Crippen LogP contribution is -2.03. The zero-order chi connectivity index (χ0) is 12.3. The van der Waals surface area contributed by atoms with Crippen molar-refractivity contribution in [2.45, 2.75) is 26.3 Å². The largest absolute Gasteiger partial charge is 0.379 e. The van der Waals surface area contributed by atoms with Crippen LogP contribution in [0.15, 0.2) is 36.8 Å². The van der Waals surface area contributed by atoms with Crippen molar-refractivity contribution >= 4 is 5.69 Å². The number of aryl methyl sites for hydroxylation is 1. The van der Waals surface area contributed by atoms with Crippen molar-refractivity contribution in [3.8, 4) is 0 Å². The van der Waals surface area contributed by atoms with E-state index in [1.807, 2.05) is 24.1 Å². The molecule has 1 N–H and O–H groups in total. The molecule has 0 spiro atoms. The second kappa shape index (κ2) is 5.04. The van der Waals surface area contributed by atoms with Crippen LogP contribution in [0.4, 0.5) is 5.69 Å². The molecule has 1 heterocycles. The van der Waals surface area contributed by atoms with E-state index in [0.29, 0.717) is 5.92 Å². The third-order valence-electron chi connectivity index (χ3n) is 2.97. The number of nitrogens with one attached hydrogen (secondary N) is 1. The molecular formula is C14H19N3. The van der Waals surface area contributed by atoms with Crippen molar-refractivity contribution in [2.24, 2.45) is 7.05 Å². The van der Waals surface area contributed by atoms with Crippen molar-refractivity contribution in [2.75, 3.05) is 5.32 Å². The molecule has 0 amide bonds. The normalized spacial score (nSPS) is 10.8. The van der Waals surface area contributed by atoms with Crippen LogP contribution in [0.1, 0.15) is 31.0 Å². The molecule has 17 heavy (non-hydrogen) atoms. The summed E-state index contributed by atoms with van der Waals surface area (Å²) in [7, 11) is 2.01. The fourth-order valence-electron chi connectivity index (χ4n) is 1.73. The number of hydrogen-bond donors (Lipinski definition) is 1. The summed E-state index contributed by atoms with van der Waals surface area (Å²) < 4.78 is 2.02. The summed E-state index contributed by atoms with van der Waals surface area (Å²) in [6.07, 6.45) is 3.70. The molecular weight excluding hydrogens is 210 g/mol. The van der Waals surface area contributed by atoms with Gasteiger partial charge in [-0.05, 0) is 23.6 Å². The highest BCUT2D eigenvalue weighted by molar-refractivity contribution is 5.45. The molecule has 2 rings (SSSR count). The predicted octanol–water partition coefficient (Wildman–Crippen LogP) is 3.16. The summed E-state index contributed by atoms with van der Waals surface area (Å²) >= 11 is 0. The summed E-state index contributed by atoms with van der Waals surface area (Å²) in [5, 5.41) is 3.39. The fraction of sp³-hybridized carbons (Fsp3) is 0.357. The van der Waals surface area contributed by atoms with E-state index in [-0.39, 0.29) is 0 Å². The Labute approximate surface area is 103 Å². The van der Waals surface area contributed by atoms with Gasteiger partial charge in [0, 0.05) is 18.9 Å². The summed E-state index contributed by atoms with van der Waals surface area (Å²) in [5.41, 5.74) is 3.70. The van der Waals surface area contributed by atoms with E-state index >= 15 is 0 Å². The Balaban J connectivity index is 1.98. The van der Waals surface area contributed by atoms with Gasteiger partial charge >= 0.3 is 0 Å².